The highest BCUT2D eigenvalue weighted by Crippen LogP contribution is 2.40. The van der Waals surface area contributed by atoms with Gasteiger partial charge in [-0.3, -0.25) is 0 Å². The van der Waals surface area contributed by atoms with Crippen molar-refractivity contribution in [2.45, 2.75) is 0 Å². The van der Waals surface area contributed by atoms with Crippen molar-refractivity contribution in [3.8, 4) is 33.6 Å². The zero-order chi connectivity index (χ0) is 21.5. The summed E-state index contributed by atoms with van der Waals surface area (Å²) in [7, 11) is 0. The summed E-state index contributed by atoms with van der Waals surface area (Å²) in [6, 6.07) is 37.7. The first kappa shape index (κ1) is 18.5. The molecular formula is C29H19FN2. The van der Waals surface area contributed by atoms with Crippen LogP contribution in [-0.4, -0.2) is 9.61 Å². The molecule has 2 heterocycles. The lowest BCUT2D eigenvalue weighted by molar-refractivity contribution is 0.630. The first-order valence-electron chi connectivity index (χ1n) is 10.6. The zero-order valence-electron chi connectivity index (χ0n) is 17.2. The Labute approximate surface area is 185 Å². The molecule has 0 aliphatic rings. The fourth-order valence-electron chi connectivity index (χ4n) is 4.40. The Morgan fingerprint density at radius 2 is 1.19 bits per heavy atom. The lowest BCUT2D eigenvalue weighted by atomic mass is 9.97. The largest absolute Gasteiger partial charge is 0.231 e. The molecule has 4 aromatic carbocycles. The third kappa shape index (κ3) is 2.98. The fourth-order valence-corrected chi connectivity index (χ4v) is 4.40. The van der Waals surface area contributed by atoms with Crippen molar-refractivity contribution < 1.29 is 4.39 Å². The summed E-state index contributed by atoms with van der Waals surface area (Å²) < 4.78 is 16.4. The van der Waals surface area contributed by atoms with Gasteiger partial charge in [0.05, 0.1) is 11.2 Å². The van der Waals surface area contributed by atoms with Crippen LogP contribution >= 0.6 is 0 Å². The topological polar surface area (TPSA) is 17.3 Å². The molecule has 2 aromatic heterocycles. The molecular weight excluding hydrogens is 395 g/mol. The van der Waals surface area contributed by atoms with E-state index in [1.165, 1.54) is 6.07 Å². The van der Waals surface area contributed by atoms with Gasteiger partial charge in [-0.25, -0.2) is 8.91 Å². The van der Waals surface area contributed by atoms with Gasteiger partial charge in [-0.05, 0) is 29.1 Å². The minimum absolute atomic E-state index is 0.256. The van der Waals surface area contributed by atoms with Gasteiger partial charge in [0.25, 0.3) is 0 Å². The molecule has 0 saturated heterocycles. The van der Waals surface area contributed by atoms with E-state index in [0.29, 0.717) is 0 Å². The van der Waals surface area contributed by atoms with E-state index in [4.69, 9.17) is 5.10 Å². The molecule has 0 radical (unpaired) electrons. The van der Waals surface area contributed by atoms with E-state index in [9.17, 15) is 4.39 Å². The minimum Gasteiger partial charge on any atom is -0.231 e. The smallest absolute Gasteiger partial charge is 0.123 e. The monoisotopic (exact) mass is 414 g/mol. The summed E-state index contributed by atoms with van der Waals surface area (Å²) in [6.45, 7) is 0. The Morgan fingerprint density at radius 3 is 1.84 bits per heavy atom. The summed E-state index contributed by atoms with van der Waals surface area (Å²) >= 11 is 0. The van der Waals surface area contributed by atoms with Gasteiger partial charge in [-0.15, -0.1) is 0 Å². The Morgan fingerprint density at radius 1 is 0.594 bits per heavy atom. The highest BCUT2D eigenvalue weighted by molar-refractivity contribution is 6.08. The van der Waals surface area contributed by atoms with E-state index >= 15 is 0 Å². The molecule has 2 nitrogen and oxygen atoms in total. The lowest BCUT2D eigenvalue weighted by Crippen LogP contribution is -1.96. The third-order valence-corrected chi connectivity index (χ3v) is 5.86. The van der Waals surface area contributed by atoms with Crippen LogP contribution in [0.2, 0.25) is 0 Å². The van der Waals surface area contributed by atoms with Gasteiger partial charge in [-0.1, -0.05) is 97.1 Å². The first-order valence-corrected chi connectivity index (χ1v) is 10.6. The molecule has 0 amide bonds. The van der Waals surface area contributed by atoms with Crippen LogP contribution in [0.25, 0.3) is 49.9 Å². The highest BCUT2D eigenvalue weighted by Gasteiger charge is 2.21. The van der Waals surface area contributed by atoms with Gasteiger partial charge >= 0.3 is 0 Å². The van der Waals surface area contributed by atoms with Crippen LogP contribution in [0, 0.1) is 5.82 Å². The maximum Gasteiger partial charge on any atom is 0.123 e. The quantitative estimate of drug-likeness (QED) is 0.291. The summed E-state index contributed by atoms with van der Waals surface area (Å²) in [5.74, 6) is -0.256. The highest BCUT2D eigenvalue weighted by atomic mass is 19.1. The number of benzene rings is 4. The van der Waals surface area contributed by atoms with Gasteiger partial charge in [0, 0.05) is 22.1 Å². The van der Waals surface area contributed by atoms with E-state index in [-0.39, 0.29) is 5.82 Å². The van der Waals surface area contributed by atoms with E-state index in [1.807, 2.05) is 65.2 Å². The second kappa shape index (κ2) is 7.47. The lowest BCUT2D eigenvalue weighted by Gasteiger charge is -2.10. The minimum atomic E-state index is -0.256. The molecule has 32 heavy (non-hydrogen) atoms. The molecule has 0 atom stereocenters. The fraction of sp³-hybridized carbons (Fsp3) is 0. The second-order valence-corrected chi connectivity index (χ2v) is 7.84. The average Bonchev–Trinajstić information content (AvgIpc) is 3.26. The molecule has 6 rings (SSSR count). The Kier molecular flexibility index (Phi) is 4.32. The molecule has 6 aromatic rings. The van der Waals surface area contributed by atoms with Gasteiger partial charge in [-0.2, -0.15) is 5.10 Å². The van der Waals surface area contributed by atoms with Gasteiger partial charge < -0.3 is 0 Å². The van der Waals surface area contributed by atoms with Crippen LogP contribution in [0.5, 0.6) is 0 Å². The van der Waals surface area contributed by atoms with E-state index < -0.39 is 0 Å². The molecule has 0 aliphatic heterocycles. The molecule has 0 N–H and O–H groups in total. The summed E-state index contributed by atoms with van der Waals surface area (Å²) in [6.07, 6.45) is 0. The van der Waals surface area contributed by atoms with Crippen molar-refractivity contribution in [1.82, 2.24) is 9.61 Å². The molecule has 0 aliphatic carbocycles. The number of aromatic nitrogens is 2. The molecule has 0 saturated carbocycles. The van der Waals surface area contributed by atoms with Gasteiger partial charge in [0.1, 0.15) is 11.5 Å². The first-order chi connectivity index (χ1) is 15.8. The van der Waals surface area contributed by atoms with Crippen LogP contribution in [0.4, 0.5) is 4.39 Å². The van der Waals surface area contributed by atoms with Crippen molar-refractivity contribution in [1.29, 1.82) is 0 Å². The maximum absolute atomic E-state index is 14.4. The number of halogens is 1. The summed E-state index contributed by atoms with van der Waals surface area (Å²) in [5.41, 5.74) is 6.90. The normalized spacial score (nSPS) is 11.3. The molecule has 0 unspecified atom stereocenters. The molecule has 152 valence electrons. The van der Waals surface area contributed by atoms with Crippen molar-refractivity contribution >= 4 is 16.3 Å². The summed E-state index contributed by atoms with van der Waals surface area (Å²) in [4.78, 5) is 0. The van der Waals surface area contributed by atoms with Crippen LogP contribution in [0.3, 0.4) is 0 Å². The van der Waals surface area contributed by atoms with Crippen molar-refractivity contribution in [3.05, 3.63) is 121 Å². The SMILES string of the molecule is Fc1ccc2cc(-c3ccccc3)n3nc(-c4ccccc4)c(-c4ccccc4)c3c2c1. The molecule has 3 heteroatoms. The number of rotatable bonds is 3. The molecule has 0 bridgehead atoms. The Balaban J connectivity index is 1.84. The standard InChI is InChI=1S/C29H19FN2/c30-24-17-16-23-18-26(20-10-4-1-5-11-20)32-29(25(23)19-24)27(21-12-6-2-7-13-21)28(31-32)22-14-8-3-9-15-22/h1-19H. The number of hydrogen-bond acceptors (Lipinski definition) is 1. The zero-order valence-corrected chi connectivity index (χ0v) is 17.2. The number of fused-ring (bicyclic) bond motifs is 3. The van der Waals surface area contributed by atoms with Crippen molar-refractivity contribution in [2.75, 3.05) is 0 Å². The second-order valence-electron chi connectivity index (χ2n) is 7.84. The third-order valence-electron chi connectivity index (χ3n) is 5.86. The Bertz CT molecular complexity index is 1550. The van der Waals surface area contributed by atoms with Gasteiger partial charge in [0.2, 0.25) is 0 Å². The number of hydrogen-bond donors (Lipinski definition) is 0. The summed E-state index contributed by atoms with van der Waals surface area (Å²) in [5, 5.41) is 6.94. The predicted octanol–water partition coefficient (Wildman–Crippen LogP) is 7.63. The van der Waals surface area contributed by atoms with Gasteiger partial charge in [0.15, 0.2) is 0 Å². The number of nitrogens with zero attached hydrogens (tertiary/aromatic N) is 2. The molecule has 0 fully saturated rings. The van der Waals surface area contributed by atoms with Crippen LogP contribution in [-0.2, 0) is 0 Å². The average molecular weight is 414 g/mol. The maximum atomic E-state index is 14.4. The van der Waals surface area contributed by atoms with Crippen molar-refractivity contribution in [2.24, 2.45) is 0 Å². The van der Waals surface area contributed by atoms with E-state index in [2.05, 4.69) is 42.5 Å². The van der Waals surface area contributed by atoms with E-state index in [0.717, 1.165) is 49.9 Å². The van der Waals surface area contributed by atoms with Crippen LogP contribution in [0.1, 0.15) is 0 Å². The van der Waals surface area contributed by atoms with Crippen LogP contribution < -0.4 is 0 Å². The van der Waals surface area contributed by atoms with Crippen molar-refractivity contribution in [3.63, 3.8) is 0 Å². The van der Waals surface area contributed by atoms with Crippen LogP contribution in [0.15, 0.2) is 115 Å². The Hall–Kier alpha value is -4.24. The van der Waals surface area contributed by atoms with E-state index in [1.54, 1.807) is 6.07 Å². The predicted molar refractivity (Wildman–Crippen MR) is 129 cm³/mol. The number of pyridine rings is 1. The molecule has 0 spiro atoms.